The summed E-state index contributed by atoms with van der Waals surface area (Å²) in [5.41, 5.74) is 2.67. The summed E-state index contributed by atoms with van der Waals surface area (Å²) in [6, 6.07) is 12.2. The molecule has 0 amide bonds. The largest absolute Gasteiger partial charge is 0.465 e. The maximum Gasteiger partial charge on any atom is 0.316 e. The number of esters is 1. The topological polar surface area (TPSA) is 39.2 Å². The summed E-state index contributed by atoms with van der Waals surface area (Å²) < 4.78 is 5.38. The summed E-state index contributed by atoms with van der Waals surface area (Å²) >= 11 is 0. The third kappa shape index (κ3) is 4.02. The standard InChI is InChI=1S/C21H27NO2/c1-6-24-19(23)21(5,15-16-11-13-22-14-12-16)18-9-7-17(8-10-18)20(2,3)4/h7-14H,6,15H2,1-5H3. The van der Waals surface area contributed by atoms with Gasteiger partial charge in [0.25, 0.3) is 0 Å². The Morgan fingerprint density at radius 2 is 1.50 bits per heavy atom. The molecule has 1 aromatic heterocycles. The van der Waals surface area contributed by atoms with Crippen molar-refractivity contribution in [3.63, 3.8) is 0 Å². The quantitative estimate of drug-likeness (QED) is 0.763. The number of carbonyl (C=O) groups excluding carboxylic acids is 1. The van der Waals surface area contributed by atoms with Crippen LogP contribution in [0, 0.1) is 0 Å². The molecule has 0 aliphatic heterocycles. The molecule has 3 nitrogen and oxygen atoms in total. The minimum atomic E-state index is -0.715. The Morgan fingerprint density at radius 1 is 0.958 bits per heavy atom. The lowest BCUT2D eigenvalue weighted by molar-refractivity contribution is -0.149. The van der Waals surface area contributed by atoms with Crippen molar-refractivity contribution >= 4 is 5.97 Å². The molecule has 2 aromatic rings. The zero-order chi connectivity index (χ0) is 17.8. The van der Waals surface area contributed by atoms with Gasteiger partial charge in [0.05, 0.1) is 12.0 Å². The summed E-state index contributed by atoms with van der Waals surface area (Å²) in [4.78, 5) is 16.8. The molecule has 0 bridgehead atoms. The second-order valence-electron chi connectivity index (χ2n) is 7.41. The molecule has 3 heteroatoms. The Kier molecular flexibility index (Phi) is 5.43. The molecule has 0 radical (unpaired) electrons. The second-order valence-corrected chi connectivity index (χ2v) is 7.41. The Morgan fingerprint density at radius 3 is 2.00 bits per heavy atom. The van der Waals surface area contributed by atoms with Crippen molar-refractivity contribution < 1.29 is 9.53 Å². The van der Waals surface area contributed by atoms with Crippen LogP contribution >= 0.6 is 0 Å². The molecule has 0 saturated carbocycles. The van der Waals surface area contributed by atoms with E-state index < -0.39 is 5.41 Å². The highest BCUT2D eigenvalue weighted by Gasteiger charge is 2.37. The van der Waals surface area contributed by atoms with Crippen LogP contribution in [0.1, 0.15) is 51.3 Å². The fraction of sp³-hybridized carbons (Fsp3) is 0.429. The smallest absolute Gasteiger partial charge is 0.316 e. The van der Waals surface area contributed by atoms with Crippen LogP contribution in [0.25, 0.3) is 0 Å². The summed E-state index contributed by atoms with van der Waals surface area (Å²) in [5.74, 6) is -0.190. The van der Waals surface area contributed by atoms with Crippen LogP contribution in [0.3, 0.4) is 0 Å². The van der Waals surface area contributed by atoms with E-state index in [1.54, 1.807) is 12.4 Å². The van der Waals surface area contributed by atoms with E-state index in [2.05, 4.69) is 50.0 Å². The fourth-order valence-electron chi connectivity index (χ4n) is 2.83. The molecule has 1 atom stereocenters. The third-order valence-electron chi connectivity index (χ3n) is 4.42. The van der Waals surface area contributed by atoms with Crippen LogP contribution in [0.15, 0.2) is 48.8 Å². The molecule has 128 valence electrons. The Bertz CT molecular complexity index is 671. The lowest BCUT2D eigenvalue weighted by atomic mass is 9.76. The minimum Gasteiger partial charge on any atom is -0.465 e. The van der Waals surface area contributed by atoms with E-state index in [9.17, 15) is 4.79 Å². The monoisotopic (exact) mass is 325 g/mol. The molecule has 0 aliphatic rings. The van der Waals surface area contributed by atoms with Crippen molar-refractivity contribution in [2.24, 2.45) is 0 Å². The molecule has 0 spiro atoms. The number of aromatic nitrogens is 1. The van der Waals surface area contributed by atoms with Crippen molar-refractivity contribution in [3.8, 4) is 0 Å². The number of hydrogen-bond donors (Lipinski definition) is 0. The van der Waals surface area contributed by atoms with Crippen LogP contribution in [0.5, 0.6) is 0 Å². The Hall–Kier alpha value is -2.16. The van der Waals surface area contributed by atoms with Crippen molar-refractivity contribution in [2.75, 3.05) is 6.61 Å². The number of carbonyl (C=O) groups is 1. The van der Waals surface area contributed by atoms with Crippen molar-refractivity contribution in [3.05, 3.63) is 65.5 Å². The van der Waals surface area contributed by atoms with E-state index in [-0.39, 0.29) is 11.4 Å². The first-order valence-electron chi connectivity index (χ1n) is 8.44. The molecule has 1 heterocycles. The van der Waals surface area contributed by atoms with Gasteiger partial charge in [0, 0.05) is 12.4 Å². The second kappa shape index (κ2) is 7.16. The highest BCUT2D eigenvalue weighted by Crippen LogP contribution is 2.32. The number of nitrogens with zero attached hydrogens (tertiary/aromatic N) is 1. The van der Waals surface area contributed by atoms with Gasteiger partial charge in [0.2, 0.25) is 0 Å². The van der Waals surface area contributed by atoms with Gasteiger partial charge in [-0.05, 0) is 54.5 Å². The maximum absolute atomic E-state index is 12.7. The maximum atomic E-state index is 12.7. The zero-order valence-corrected chi connectivity index (χ0v) is 15.3. The summed E-state index contributed by atoms with van der Waals surface area (Å²) in [7, 11) is 0. The van der Waals surface area contributed by atoms with E-state index in [4.69, 9.17) is 4.74 Å². The summed E-state index contributed by atoms with van der Waals surface area (Å²) in [6.45, 7) is 10.7. The number of hydrogen-bond acceptors (Lipinski definition) is 3. The number of pyridine rings is 1. The van der Waals surface area contributed by atoms with Crippen LogP contribution in [0.4, 0.5) is 0 Å². The van der Waals surface area contributed by atoms with Crippen molar-refractivity contribution in [2.45, 2.75) is 51.9 Å². The van der Waals surface area contributed by atoms with Crippen molar-refractivity contribution in [1.29, 1.82) is 0 Å². The third-order valence-corrected chi connectivity index (χ3v) is 4.42. The first-order chi connectivity index (χ1) is 11.3. The molecule has 2 rings (SSSR count). The lowest BCUT2D eigenvalue weighted by Crippen LogP contribution is -2.37. The highest BCUT2D eigenvalue weighted by atomic mass is 16.5. The molecule has 1 aromatic carbocycles. The van der Waals surface area contributed by atoms with Crippen LogP contribution in [-0.2, 0) is 26.8 Å². The van der Waals surface area contributed by atoms with E-state index in [0.29, 0.717) is 13.0 Å². The van der Waals surface area contributed by atoms with Gasteiger partial charge in [-0.15, -0.1) is 0 Å². The SMILES string of the molecule is CCOC(=O)C(C)(Cc1ccncc1)c1ccc(C(C)(C)C)cc1. The molecule has 0 N–H and O–H groups in total. The average Bonchev–Trinajstić information content (AvgIpc) is 2.55. The van der Waals surface area contributed by atoms with E-state index >= 15 is 0 Å². The predicted molar refractivity (Wildman–Crippen MR) is 97.1 cm³/mol. The molecule has 0 aliphatic carbocycles. The number of ether oxygens (including phenoxy) is 1. The molecule has 24 heavy (non-hydrogen) atoms. The van der Waals surface area contributed by atoms with Gasteiger partial charge in [-0.25, -0.2) is 0 Å². The molecular weight excluding hydrogens is 298 g/mol. The van der Waals surface area contributed by atoms with Gasteiger partial charge < -0.3 is 4.74 Å². The van der Waals surface area contributed by atoms with Gasteiger partial charge >= 0.3 is 5.97 Å². The van der Waals surface area contributed by atoms with Crippen LogP contribution in [0.2, 0.25) is 0 Å². The van der Waals surface area contributed by atoms with Crippen LogP contribution in [-0.4, -0.2) is 17.6 Å². The average molecular weight is 325 g/mol. The van der Waals surface area contributed by atoms with Gasteiger partial charge in [0.1, 0.15) is 0 Å². The predicted octanol–water partition coefficient (Wildman–Crippen LogP) is 4.44. The first-order valence-corrected chi connectivity index (χ1v) is 8.44. The molecule has 0 fully saturated rings. The summed E-state index contributed by atoms with van der Waals surface area (Å²) in [6.07, 6.45) is 4.09. The number of rotatable bonds is 5. The van der Waals surface area contributed by atoms with E-state index in [1.165, 1.54) is 5.56 Å². The molecule has 0 saturated heterocycles. The Labute approximate surface area is 145 Å². The normalized spacial score (nSPS) is 14.0. The highest BCUT2D eigenvalue weighted by molar-refractivity contribution is 5.83. The Balaban J connectivity index is 2.40. The molecular formula is C21H27NO2. The van der Waals surface area contributed by atoms with Gasteiger partial charge in [-0.1, -0.05) is 45.0 Å². The fourth-order valence-corrected chi connectivity index (χ4v) is 2.83. The zero-order valence-electron chi connectivity index (χ0n) is 15.3. The lowest BCUT2D eigenvalue weighted by Gasteiger charge is -2.29. The van der Waals surface area contributed by atoms with E-state index in [0.717, 1.165) is 11.1 Å². The first kappa shape index (κ1) is 18.2. The van der Waals surface area contributed by atoms with Gasteiger partial charge in [-0.2, -0.15) is 0 Å². The number of benzene rings is 1. The van der Waals surface area contributed by atoms with E-state index in [1.807, 2.05) is 26.0 Å². The van der Waals surface area contributed by atoms with Crippen molar-refractivity contribution in [1.82, 2.24) is 4.98 Å². The van der Waals surface area contributed by atoms with Gasteiger partial charge in [-0.3, -0.25) is 9.78 Å². The van der Waals surface area contributed by atoms with Gasteiger partial charge in [0.15, 0.2) is 0 Å². The molecule has 1 unspecified atom stereocenters. The summed E-state index contributed by atoms with van der Waals surface area (Å²) in [5, 5.41) is 0. The minimum absolute atomic E-state index is 0.0873. The van der Waals surface area contributed by atoms with Crippen LogP contribution < -0.4 is 0 Å².